The zero-order valence-electron chi connectivity index (χ0n) is 10.1. The third kappa shape index (κ3) is 4.45. The zero-order chi connectivity index (χ0) is 10.2. The minimum absolute atomic E-state index is 0.908. The van der Waals surface area contributed by atoms with Crippen molar-refractivity contribution in [1.82, 2.24) is 4.90 Å². The Morgan fingerprint density at radius 3 is 2.36 bits per heavy atom. The second-order valence-electron chi connectivity index (χ2n) is 4.83. The first-order chi connectivity index (χ1) is 6.84. The van der Waals surface area contributed by atoms with Gasteiger partial charge in [0.25, 0.3) is 0 Å². The Morgan fingerprint density at radius 1 is 1.00 bits per heavy atom. The molecule has 0 spiro atoms. The van der Waals surface area contributed by atoms with E-state index in [4.69, 9.17) is 0 Å². The summed E-state index contributed by atoms with van der Waals surface area (Å²) in [5, 5.41) is 0. The molecule has 0 amide bonds. The second-order valence-corrected chi connectivity index (χ2v) is 4.83. The molecule has 0 unspecified atom stereocenters. The van der Waals surface area contributed by atoms with Crippen molar-refractivity contribution in [3.63, 3.8) is 0 Å². The fraction of sp³-hybridized carbons (Fsp3) is 1.00. The Kier molecular flexibility index (Phi) is 6.25. The fourth-order valence-corrected chi connectivity index (χ4v) is 2.49. The van der Waals surface area contributed by atoms with Gasteiger partial charge in [-0.3, -0.25) is 0 Å². The van der Waals surface area contributed by atoms with E-state index in [0.29, 0.717) is 0 Å². The molecule has 1 nitrogen and oxygen atoms in total. The highest BCUT2D eigenvalue weighted by atomic mass is 15.1. The molecular weight excluding hydrogens is 170 g/mol. The smallest absolute Gasteiger partial charge is 0.00922 e. The van der Waals surface area contributed by atoms with Crippen LogP contribution in [0.15, 0.2) is 0 Å². The Bertz CT molecular complexity index is 127. The third-order valence-electron chi connectivity index (χ3n) is 3.56. The minimum Gasteiger partial charge on any atom is -0.303 e. The molecule has 1 heteroatoms. The molecule has 0 aromatic heterocycles. The van der Waals surface area contributed by atoms with Crippen LogP contribution in [0.25, 0.3) is 0 Å². The normalized spacial score (nSPS) is 19.1. The topological polar surface area (TPSA) is 3.24 Å². The molecule has 1 aliphatic rings. The van der Waals surface area contributed by atoms with Crippen molar-refractivity contribution in [2.24, 2.45) is 0 Å². The first-order valence-corrected chi connectivity index (χ1v) is 6.55. The van der Waals surface area contributed by atoms with E-state index in [0.717, 1.165) is 6.04 Å². The summed E-state index contributed by atoms with van der Waals surface area (Å²) in [5.41, 5.74) is 0. The van der Waals surface area contributed by atoms with Crippen molar-refractivity contribution in [3.8, 4) is 0 Å². The fourth-order valence-electron chi connectivity index (χ4n) is 2.49. The van der Waals surface area contributed by atoms with Crippen molar-refractivity contribution < 1.29 is 0 Å². The Morgan fingerprint density at radius 2 is 1.71 bits per heavy atom. The molecule has 0 heterocycles. The van der Waals surface area contributed by atoms with Gasteiger partial charge >= 0.3 is 0 Å². The lowest BCUT2D eigenvalue weighted by Gasteiger charge is -2.31. The number of rotatable bonds is 6. The third-order valence-corrected chi connectivity index (χ3v) is 3.56. The van der Waals surface area contributed by atoms with Crippen LogP contribution in [-0.4, -0.2) is 24.5 Å². The molecule has 1 rings (SSSR count). The monoisotopic (exact) mass is 197 g/mol. The summed E-state index contributed by atoms with van der Waals surface area (Å²) in [7, 11) is 2.32. The first-order valence-electron chi connectivity index (χ1n) is 6.55. The summed E-state index contributed by atoms with van der Waals surface area (Å²) in [5.74, 6) is 0. The van der Waals surface area contributed by atoms with Gasteiger partial charge in [-0.25, -0.2) is 0 Å². The van der Waals surface area contributed by atoms with E-state index in [1.54, 1.807) is 0 Å². The number of unbranched alkanes of at least 4 members (excludes halogenated alkanes) is 3. The highest BCUT2D eigenvalue weighted by molar-refractivity contribution is 4.73. The van der Waals surface area contributed by atoms with Crippen LogP contribution in [0, 0.1) is 0 Å². The van der Waals surface area contributed by atoms with E-state index in [-0.39, 0.29) is 0 Å². The van der Waals surface area contributed by atoms with E-state index in [9.17, 15) is 0 Å². The van der Waals surface area contributed by atoms with E-state index < -0.39 is 0 Å². The van der Waals surface area contributed by atoms with Gasteiger partial charge in [0.15, 0.2) is 0 Å². The van der Waals surface area contributed by atoms with E-state index in [1.807, 2.05) is 0 Å². The molecule has 0 N–H and O–H groups in total. The average molecular weight is 197 g/mol. The summed E-state index contributed by atoms with van der Waals surface area (Å²) in [6.07, 6.45) is 12.9. The highest BCUT2D eigenvalue weighted by Gasteiger charge is 2.16. The molecule has 1 aliphatic carbocycles. The van der Waals surface area contributed by atoms with Crippen LogP contribution in [0.4, 0.5) is 0 Å². The summed E-state index contributed by atoms with van der Waals surface area (Å²) in [6, 6.07) is 0.908. The van der Waals surface area contributed by atoms with Crippen molar-refractivity contribution in [2.45, 2.75) is 70.8 Å². The molecule has 0 atom stereocenters. The van der Waals surface area contributed by atoms with Gasteiger partial charge in [0.05, 0.1) is 0 Å². The molecule has 84 valence electrons. The van der Waals surface area contributed by atoms with Gasteiger partial charge in [-0.15, -0.1) is 0 Å². The molecule has 1 saturated carbocycles. The van der Waals surface area contributed by atoms with Gasteiger partial charge in [-0.05, 0) is 32.9 Å². The Balaban J connectivity index is 2.04. The van der Waals surface area contributed by atoms with Crippen LogP contribution in [0.3, 0.4) is 0 Å². The lowest BCUT2D eigenvalue weighted by molar-refractivity contribution is 0.188. The van der Waals surface area contributed by atoms with Crippen LogP contribution >= 0.6 is 0 Å². The Labute approximate surface area is 89.9 Å². The summed E-state index contributed by atoms with van der Waals surface area (Å²) in [6.45, 7) is 3.61. The van der Waals surface area contributed by atoms with Crippen LogP contribution in [0.1, 0.15) is 64.7 Å². The quantitative estimate of drug-likeness (QED) is 0.585. The van der Waals surface area contributed by atoms with Gasteiger partial charge < -0.3 is 4.90 Å². The van der Waals surface area contributed by atoms with Crippen LogP contribution in [-0.2, 0) is 0 Å². The SMILES string of the molecule is CCCCCCN(C)C1CCCCC1. The lowest BCUT2D eigenvalue weighted by Crippen LogP contribution is -2.34. The summed E-state index contributed by atoms with van der Waals surface area (Å²) < 4.78 is 0. The number of hydrogen-bond donors (Lipinski definition) is 0. The standard InChI is InChI=1S/C13H27N/c1-3-4-5-9-12-14(2)13-10-7-6-8-11-13/h13H,3-12H2,1-2H3. The van der Waals surface area contributed by atoms with Gasteiger partial charge in [0.1, 0.15) is 0 Å². The van der Waals surface area contributed by atoms with E-state index in [2.05, 4.69) is 18.9 Å². The maximum Gasteiger partial charge on any atom is 0.00922 e. The first kappa shape index (κ1) is 12.0. The molecule has 0 aromatic rings. The van der Waals surface area contributed by atoms with Gasteiger partial charge in [-0.2, -0.15) is 0 Å². The van der Waals surface area contributed by atoms with Gasteiger partial charge in [0, 0.05) is 6.04 Å². The predicted octanol–water partition coefficient (Wildman–Crippen LogP) is 3.83. The van der Waals surface area contributed by atoms with Crippen LogP contribution in [0.5, 0.6) is 0 Å². The summed E-state index contributed by atoms with van der Waals surface area (Å²) in [4.78, 5) is 2.61. The minimum atomic E-state index is 0.908. The molecule has 1 fully saturated rings. The van der Waals surface area contributed by atoms with Crippen molar-refractivity contribution in [3.05, 3.63) is 0 Å². The number of hydrogen-bond acceptors (Lipinski definition) is 1. The van der Waals surface area contributed by atoms with Crippen LogP contribution < -0.4 is 0 Å². The lowest BCUT2D eigenvalue weighted by atomic mass is 9.94. The molecule has 0 saturated heterocycles. The largest absolute Gasteiger partial charge is 0.303 e. The van der Waals surface area contributed by atoms with Crippen molar-refractivity contribution in [2.75, 3.05) is 13.6 Å². The van der Waals surface area contributed by atoms with Gasteiger partial charge in [0.2, 0.25) is 0 Å². The number of nitrogens with zero attached hydrogens (tertiary/aromatic N) is 1. The second kappa shape index (κ2) is 7.28. The molecule has 0 bridgehead atoms. The van der Waals surface area contributed by atoms with Crippen molar-refractivity contribution in [1.29, 1.82) is 0 Å². The molecular formula is C13H27N. The molecule has 0 aliphatic heterocycles. The molecule has 14 heavy (non-hydrogen) atoms. The van der Waals surface area contributed by atoms with E-state index in [1.165, 1.54) is 64.3 Å². The zero-order valence-corrected chi connectivity index (χ0v) is 10.1. The average Bonchev–Trinajstić information content (AvgIpc) is 2.25. The maximum absolute atomic E-state index is 2.61. The van der Waals surface area contributed by atoms with E-state index >= 15 is 0 Å². The maximum atomic E-state index is 2.61. The molecule has 0 aromatic carbocycles. The molecule has 0 radical (unpaired) electrons. The predicted molar refractivity (Wildman–Crippen MR) is 63.6 cm³/mol. The highest BCUT2D eigenvalue weighted by Crippen LogP contribution is 2.21. The van der Waals surface area contributed by atoms with Crippen molar-refractivity contribution >= 4 is 0 Å². The Hall–Kier alpha value is -0.0400. The van der Waals surface area contributed by atoms with Gasteiger partial charge in [-0.1, -0.05) is 45.4 Å². The summed E-state index contributed by atoms with van der Waals surface area (Å²) >= 11 is 0. The van der Waals surface area contributed by atoms with Crippen LogP contribution in [0.2, 0.25) is 0 Å².